The molecular formula is C17H11ClN4OS. The molecular weight excluding hydrogens is 344 g/mol. The van der Waals surface area contributed by atoms with E-state index in [1.165, 1.54) is 11.3 Å². The summed E-state index contributed by atoms with van der Waals surface area (Å²) in [7, 11) is 0. The lowest BCUT2D eigenvalue weighted by Gasteiger charge is -2.02. The van der Waals surface area contributed by atoms with Gasteiger partial charge in [-0.1, -0.05) is 54.1 Å². The highest BCUT2D eigenvalue weighted by molar-refractivity contribution is 7.15. The van der Waals surface area contributed by atoms with E-state index in [0.717, 1.165) is 11.3 Å². The summed E-state index contributed by atoms with van der Waals surface area (Å²) in [6.07, 6.45) is 0. The Labute approximate surface area is 146 Å². The van der Waals surface area contributed by atoms with Crippen molar-refractivity contribution in [2.45, 2.75) is 0 Å². The lowest BCUT2D eigenvalue weighted by molar-refractivity contribution is 0.102. The van der Waals surface area contributed by atoms with Gasteiger partial charge in [0.1, 0.15) is 0 Å². The van der Waals surface area contributed by atoms with Gasteiger partial charge in [-0.2, -0.15) is 4.98 Å². The normalized spacial score (nSPS) is 10.9. The molecule has 118 valence electrons. The first-order valence-electron chi connectivity index (χ1n) is 7.18. The predicted molar refractivity (Wildman–Crippen MR) is 95.7 cm³/mol. The van der Waals surface area contributed by atoms with Gasteiger partial charge in [0, 0.05) is 10.9 Å². The van der Waals surface area contributed by atoms with Crippen LogP contribution in [0.25, 0.3) is 16.2 Å². The Hall–Kier alpha value is -2.70. The van der Waals surface area contributed by atoms with Crippen LogP contribution in [-0.4, -0.2) is 20.5 Å². The van der Waals surface area contributed by atoms with Gasteiger partial charge in [0.15, 0.2) is 0 Å². The molecule has 0 saturated carbocycles. The van der Waals surface area contributed by atoms with Crippen LogP contribution in [0.1, 0.15) is 10.4 Å². The predicted octanol–water partition coefficient (Wildman–Crippen LogP) is 4.36. The van der Waals surface area contributed by atoms with Crippen LogP contribution in [0.2, 0.25) is 5.02 Å². The van der Waals surface area contributed by atoms with Crippen LogP contribution in [0.4, 0.5) is 5.95 Å². The van der Waals surface area contributed by atoms with Crippen molar-refractivity contribution in [3.63, 3.8) is 0 Å². The van der Waals surface area contributed by atoms with E-state index in [0.29, 0.717) is 15.5 Å². The van der Waals surface area contributed by atoms with Crippen molar-refractivity contribution in [1.29, 1.82) is 0 Å². The lowest BCUT2D eigenvalue weighted by atomic mass is 10.2. The molecule has 0 spiro atoms. The first-order chi connectivity index (χ1) is 11.7. The van der Waals surface area contributed by atoms with Gasteiger partial charge in [-0.25, -0.2) is 4.52 Å². The van der Waals surface area contributed by atoms with Gasteiger partial charge in [-0.05, 0) is 12.1 Å². The van der Waals surface area contributed by atoms with Crippen LogP contribution in [0.3, 0.4) is 0 Å². The van der Waals surface area contributed by atoms with Crippen molar-refractivity contribution < 1.29 is 4.79 Å². The van der Waals surface area contributed by atoms with Crippen LogP contribution >= 0.6 is 22.9 Å². The molecule has 4 aromatic rings. The fourth-order valence-corrected chi connectivity index (χ4v) is 3.41. The second-order valence-corrected chi connectivity index (χ2v) is 6.29. The molecule has 0 bridgehead atoms. The van der Waals surface area contributed by atoms with Crippen molar-refractivity contribution in [3.05, 3.63) is 70.6 Å². The molecule has 5 nitrogen and oxygen atoms in total. The number of amides is 1. The summed E-state index contributed by atoms with van der Waals surface area (Å²) in [6.45, 7) is 0. The summed E-state index contributed by atoms with van der Waals surface area (Å²) < 4.78 is 1.72. The highest BCUT2D eigenvalue weighted by atomic mass is 35.5. The van der Waals surface area contributed by atoms with E-state index >= 15 is 0 Å². The maximum atomic E-state index is 12.3. The van der Waals surface area contributed by atoms with Gasteiger partial charge in [-0.15, -0.1) is 16.4 Å². The molecule has 0 fully saturated rings. The van der Waals surface area contributed by atoms with Gasteiger partial charge < -0.3 is 0 Å². The quantitative estimate of drug-likeness (QED) is 0.594. The Kier molecular flexibility index (Phi) is 3.76. The largest absolute Gasteiger partial charge is 0.289 e. The fraction of sp³-hybridized carbons (Fsp3) is 0. The van der Waals surface area contributed by atoms with E-state index in [1.54, 1.807) is 28.8 Å². The summed E-state index contributed by atoms with van der Waals surface area (Å²) >= 11 is 7.51. The number of aromatic nitrogens is 3. The number of rotatable bonds is 3. The summed E-state index contributed by atoms with van der Waals surface area (Å²) in [5.74, 6) is -0.0796. The Balaban J connectivity index is 1.66. The standard InChI is InChI=1S/C17H11ClN4OS/c18-13-9-5-4-8-12(13)15(23)19-16-20-17-22(21-16)14(10-24-17)11-6-2-1-3-7-11/h1-10H,(H,19,21,23). The third kappa shape index (κ3) is 2.66. The lowest BCUT2D eigenvalue weighted by Crippen LogP contribution is -2.13. The molecule has 0 aliphatic heterocycles. The minimum atomic E-state index is -0.333. The second kappa shape index (κ2) is 6.07. The molecule has 0 aliphatic carbocycles. The minimum absolute atomic E-state index is 0.254. The van der Waals surface area contributed by atoms with Crippen LogP contribution in [0, 0.1) is 0 Å². The van der Waals surface area contributed by atoms with Crippen molar-refractivity contribution in [2.24, 2.45) is 0 Å². The average molecular weight is 355 g/mol. The molecule has 7 heteroatoms. The molecule has 0 saturated heterocycles. The van der Waals surface area contributed by atoms with Gasteiger partial charge in [0.05, 0.1) is 16.3 Å². The van der Waals surface area contributed by atoms with Gasteiger partial charge in [0.2, 0.25) is 4.96 Å². The number of nitrogens with one attached hydrogen (secondary N) is 1. The number of carbonyl (C=O) groups excluding carboxylic acids is 1. The van der Waals surface area contributed by atoms with Crippen LogP contribution in [0.5, 0.6) is 0 Å². The van der Waals surface area contributed by atoms with Crippen molar-refractivity contribution >= 4 is 39.8 Å². The maximum Gasteiger partial charge on any atom is 0.259 e. The molecule has 0 radical (unpaired) electrons. The molecule has 2 aromatic carbocycles. The molecule has 1 N–H and O–H groups in total. The molecule has 0 aliphatic rings. The number of hydrogen-bond acceptors (Lipinski definition) is 4. The van der Waals surface area contributed by atoms with Gasteiger partial charge in [-0.3, -0.25) is 10.1 Å². The minimum Gasteiger partial charge on any atom is -0.289 e. The number of halogens is 1. The SMILES string of the molecule is O=C(Nc1nc2scc(-c3ccccc3)n2n1)c1ccccc1Cl. The Morgan fingerprint density at radius 2 is 1.83 bits per heavy atom. The van der Waals surface area contributed by atoms with Crippen molar-refractivity contribution in [1.82, 2.24) is 14.6 Å². The summed E-state index contributed by atoms with van der Waals surface area (Å²) in [6, 6.07) is 16.8. The van der Waals surface area contributed by atoms with E-state index in [4.69, 9.17) is 11.6 Å². The van der Waals surface area contributed by atoms with E-state index in [-0.39, 0.29) is 11.9 Å². The van der Waals surface area contributed by atoms with Gasteiger partial charge in [0.25, 0.3) is 11.9 Å². The van der Waals surface area contributed by atoms with Crippen molar-refractivity contribution in [2.75, 3.05) is 5.32 Å². The van der Waals surface area contributed by atoms with Crippen LogP contribution < -0.4 is 5.32 Å². The van der Waals surface area contributed by atoms with Crippen LogP contribution in [0.15, 0.2) is 60.0 Å². The molecule has 2 aromatic heterocycles. The zero-order valence-electron chi connectivity index (χ0n) is 12.3. The third-order valence-electron chi connectivity index (χ3n) is 3.49. The zero-order chi connectivity index (χ0) is 16.5. The summed E-state index contributed by atoms with van der Waals surface area (Å²) in [5, 5.41) is 9.46. The molecule has 2 heterocycles. The van der Waals surface area contributed by atoms with E-state index in [1.807, 2.05) is 35.7 Å². The number of thiazole rings is 1. The molecule has 0 unspecified atom stereocenters. The highest BCUT2D eigenvalue weighted by Crippen LogP contribution is 2.26. The number of carbonyl (C=O) groups is 1. The number of benzene rings is 2. The van der Waals surface area contributed by atoms with Gasteiger partial charge >= 0.3 is 0 Å². The van der Waals surface area contributed by atoms with E-state index in [2.05, 4.69) is 15.4 Å². The number of fused-ring (bicyclic) bond motifs is 1. The molecule has 4 rings (SSSR count). The topological polar surface area (TPSA) is 59.3 Å². The Morgan fingerprint density at radius 3 is 2.62 bits per heavy atom. The summed E-state index contributed by atoms with van der Waals surface area (Å²) in [4.78, 5) is 17.4. The average Bonchev–Trinajstić information content (AvgIpc) is 3.16. The first kappa shape index (κ1) is 14.9. The molecule has 0 atom stereocenters. The fourth-order valence-electron chi connectivity index (χ4n) is 2.36. The number of hydrogen-bond donors (Lipinski definition) is 1. The monoisotopic (exact) mass is 354 g/mol. The molecule has 1 amide bonds. The van der Waals surface area contributed by atoms with E-state index in [9.17, 15) is 4.79 Å². The highest BCUT2D eigenvalue weighted by Gasteiger charge is 2.15. The zero-order valence-corrected chi connectivity index (χ0v) is 13.9. The summed E-state index contributed by atoms with van der Waals surface area (Å²) in [5.41, 5.74) is 2.36. The first-order valence-corrected chi connectivity index (χ1v) is 8.44. The smallest absolute Gasteiger partial charge is 0.259 e. The molecule has 24 heavy (non-hydrogen) atoms. The van der Waals surface area contributed by atoms with E-state index < -0.39 is 0 Å². The third-order valence-corrected chi connectivity index (χ3v) is 4.64. The Bertz CT molecular complexity index is 1030. The Morgan fingerprint density at radius 1 is 1.08 bits per heavy atom. The van der Waals surface area contributed by atoms with Crippen molar-refractivity contribution in [3.8, 4) is 11.3 Å². The second-order valence-electron chi connectivity index (χ2n) is 5.05. The number of nitrogens with zero attached hydrogens (tertiary/aromatic N) is 3. The maximum absolute atomic E-state index is 12.3. The van der Waals surface area contributed by atoms with Crippen LogP contribution in [-0.2, 0) is 0 Å². The number of anilines is 1.